The number of aromatic amines is 1. The van der Waals surface area contributed by atoms with Crippen LogP contribution in [0.1, 0.15) is 21.5 Å². The molecule has 1 amide bonds. The summed E-state index contributed by atoms with van der Waals surface area (Å²) < 4.78 is 43.0. The minimum atomic E-state index is -4.37. The van der Waals surface area contributed by atoms with Crippen molar-refractivity contribution in [2.75, 3.05) is 5.73 Å². The lowest BCUT2D eigenvalue weighted by Gasteiger charge is -2.25. The molecule has 1 atom stereocenters. The maximum Gasteiger partial charge on any atom is 0.257 e. The van der Waals surface area contributed by atoms with Crippen LogP contribution in [0.25, 0.3) is 10.9 Å². The van der Waals surface area contributed by atoms with E-state index in [0.29, 0.717) is 16.3 Å². The predicted molar refractivity (Wildman–Crippen MR) is 149 cm³/mol. The highest BCUT2D eigenvalue weighted by atomic mass is 35.5. The number of allylic oxidation sites excluding steroid dienone is 1. The van der Waals surface area contributed by atoms with Crippen molar-refractivity contribution >= 4 is 50.2 Å². The summed E-state index contributed by atoms with van der Waals surface area (Å²) in [6.07, 6.45) is 5.25. The number of hydrogen-bond donors (Lipinski definition) is 3. The van der Waals surface area contributed by atoms with Crippen LogP contribution in [0, 0.1) is 5.82 Å². The van der Waals surface area contributed by atoms with Crippen LogP contribution in [-0.2, 0) is 22.8 Å². The molecule has 0 bridgehead atoms. The molecule has 198 valence electrons. The van der Waals surface area contributed by atoms with E-state index in [4.69, 9.17) is 17.3 Å². The fourth-order valence-electron chi connectivity index (χ4n) is 4.40. The molecule has 2 heterocycles. The Balaban J connectivity index is 1.53. The number of nitrogens with zero attached hydrogens (tertiary/aromatic N) is 1. The monoisotopic (exact) mass is 564 g/mol. The number of H-pyrrole nitrogens is 1. The minimum absolute atomic E-state index is 0.0990. The predicted octanol–water partition coefficient (Wildman–Crippen LogP) is 4.19. The number of nitrogens with one attached hydrogen (secondary N) is 2. The van der Waals surface area contributed by atoms with Gasteiger partial charge in [0, 0.05) is 36.1 Å². The Morgan fingerprint density at radius 3 is 2.56 bits per heavy atom. The van der Waals surface area contributed by atoms with Crippen molar-refractivity contribution in [2.24, 2.45) is 4.99 Å². The van der Waals surface area contributed by atoms with Crippen LogP contribution in [0.5, 0.6) is 0 Å². The maximum atomic E-state index is 15.2. The van der Waals surface area contributed by atoms with Gasteiger partial charge in [-0.2, -0.15) is 0 Å². The zero-order valence-corrected chi connectivity index (χ0v) is 21.9. The van der Waals surface area contributed by atoms with Gasteiger partial charge in [0.1, 0.15) is 11.4 Å². The maximum absolute atomic E-state index is 15.2. The van der Waals surface area contributed by atoms with Crippen LogP contribution in [0.4, 0.5) is 10.1 Å². The van der Waals surface area contributed by atoms with Crippen LogP contribution in [0.2, 0.25) is 5.02 Å². The van der Waals surface area contributed by atoms with E-state index in [0.717, 1.165) is 23.9 Å². The molecule has 0 fully saturated rings. The van der Waals surface area contributed by atoms with Gasteiger partial charge in [-0.3, -0.25) is 14.6 Å². The molecule has 1 aliphatic heterocycles. The average molecular weight is 565 g/mol. The fourth-order valence-corrected chi connectivity index (χ4v) is 6.27. The third-order valence-electron chi connectivity index (χ3n) is 6.54. The van der Waals surface area contributed by atoms with Crippen molar-refractivity contribution in [1.29, 1.82) is 0 Å². The Morgan fingerprint density at radius 2 is 1.87 bits per heavy atom. The van der Waals surface area contributed by atoms with E-state index in [1.54, 1.807) is 48.5 Å². The van der Waals surface area contributed by atoms with Crippen molar-refractivity contribution in [3.63, 3.8) is 0 Å². The molecule has 0 radical (unpaired) electrons. The Kier molecular flexibility index (Phi) is 6.83. The zero-order chi connectivity index (χ0) is 27.8. The number of amides is 1. The number of halogens is 2. The summed E-state index contributed by atoms with van der Waals surface area (Å²) in [6.45, 7) is 0.117. The van der Waals surface area contributed by atoms with Crippen molar-refractivity contribution in [1.82, 2.24) is 10.3 Å². The number of aliphatic imine (C=N–C) groups is 1. The fraction of sp³-hybridized carbons (Fsp3) is 0.107. The lowest BCUT2D eigenvalue weighted by atomic mass is 10.0. The Labute approximate surface area is 228 Å². The van der Waals surface area contributed by atoms with E-state index in [1.807, 2.05) is 0 Å². The molecule has 0 spiro atoms. The highest BCUT2D eigenvalue weighted by molar-refractivity contribution is 7.93. The molecule has 1 aliphatic rings. The number of benzene rings is 3. The molecule has 5 rings (SSSR count). The lowest BCUT2D eigenvalue weighted by molar-refractivity contribution is 0.0949. The normalized spacial score (nSPS) is 16.6. The summed E-state index contributed by atoms with van der Waals surface area (Å²) in [5.74, 6) is -1.67. The van der Waals surface area contributed by atoms with E-state index < -0.39 is 36.8 Å². The molecule has 0 saturated heterocycles. The van der Waals surface area contributed by atoms with E-state index in [1.165, 1.54) is 18.4 Å². The minimum Gasteiger partial charge on any atom is -0.399 e. The van der Waals surface area contributed by atoms with Gasteiger partial charge in [-0.15, -0.1) is 0 Å². The van der Waals surface area contributed by atoms with Gasteiger partial charge >= 0.3 is 0 Å². The molecule has 0 saturated carbocycles. The van der Waals surface area contributed by atoms with Gasteiger partial charge in [-0.25, -0.2) is 12.8 Å². The molecule has 39 heavy (non-hydrogen) atoms. The first-order valence-corrected chi connectivity index (χ1v) is 13.7. The molecule has 1 aromatic heterocycles. The summed E-state index contributed by atoms with van der Waals surface area (Å²) >= 11 is 5.88. The molecular formula is C28H22ClFN4O4S. The molecule has 4 aromatic rings. The van der Waals surface area contributed by atoms with Crippen molar-refractivity contribution in [2.45, 2.75) is 22.7 Å². The number of pyridine rings is 1. The first kappa shape index (κ1) is 26.3. The van der Waals surface area contributed by atoms with Crippen LogP contribution in [0.3, 0.4) is 0 Å². The third-order valence-corrected chi connectivity index (χ3v) is 8.96. The number of carbonyl (C=O) groups excluding carboxylic acids is 1. The number of aromatic nitrogens is 1. The van der Waals surface area contributed by atoms with E-state index in [2.05, 4.69) is 15.3 Å². The number of nitrogen functional groups attached to an aromatic ring is 1. The van der Waals surface area contributed by atoms with Gasteiger partial charge in [0.15, 0.2) is 4.87 Å². The number of rotatable bonds is 7. The smallest absolute Gasteiger partial charge is 0.257 e. The number of para-hydroxylation sites is 1. The third kappa shape index (κ3) is 4.84. The second kappa shape index (κ2) is 10.1. The van der Waals surface area contributed by atoms with Crippen LogP contribution < -0.4 is 16.5 Å². The van der Waals surface area contributed by atoms with Gasteiger partial charge in [-0.05, 0) is 53.6 Å². The van der Waals surface area contributed by atoms with Crippen LogP contribution >= 0.6 is 11.6 Å². The molecule has 4 N–H and O–H groups in total. The first-order chi connectivity index (χ1) is 18.6. The van der Waals surface area contributed by atoms with Gasteiger partial charge < -0.3 is 16.0 Å². The van der Waals surface area contributed by atoms with E-state index in [9.17, 15) is 18.0 Å². The SMILES string of the molecule is Nc1ccccc1CC1(S(=O)(=O)c2cc(F)c3[nH]cc(C(=O)NCc4ccc(Cl)cc4)c(=O)c3c2)C=CC=N1. The number of hydrogen-bond acceptors (Lipinski definition) is 6. The number of carbonyl (C=O) groups is 1. The topological polar surface area (TPSA) is 134 Å². The summed E-state index contributed by atoms with van der Waals surface area (Å²) in [5.41, 5.74) is 6.40. The van der Waals surface area contributed by atoms with Crippen molar-refractivity contribution in [3.05, 3.63) is 117 Å². The summed E-state index contributed by atoms with van der Waals surface area (Å²) in [4.78, 5) is 30.7. The van der Waals surface area contributed by atoms with Crippen molar-refractivity contribution < 1.29 is 17.6 Å². The van der Waals surface area contributed by atoms with Crippen LogP contribution in [-0.4, -0.2) is 30.4 Å². The number of nitrogens with two attached hydrogens (primary N) is 1. The Morgan fingerprint density at radius 1 is 1.13 bits per heavy atom. The van der Waals surface area contributed by atoms with Crippen molar-refractivity contribution in [3.8, 4) is 0 Å². The largest absolute Gasteiger partial charge is 0.399 e. The number of fused-ring (bicyclic) bond motifs is 1. The van der Waals surface area contributed by atoms with Crippen LogP contribution in [0.15, 0.2) is 93.7 Å². The summed E-state index contributed by atoms with van der Waals surface area (Å²) in [7, 11) is -4.37. The van der Waals surface area contributed by atoms with E-state index >= 15 is 4.39 Å². The van der Waals surface area contributed by atoms with Gasteiger partial charge in [0.2, 0.25) is 15.3 Å². The summed E-state index contributed by atoms with van der Waals surface area (Å²) in [6, 6.07) is 15.5. The Bertz CT molecular complexity index is 1820. The molecule has 0 aliphatic carbocycles. The number of sulfone groups is 1. The second-order valence-electron chi connectivity index (χ2n) is 9.03. The van der Waals surface area contributed by atoms with Gasteiger partial charge in [0.25, 0.3) is 5.91 Å². The molecule has 3 aromatic carbocycles. The standard InChI is InChI=1S/C28H22ClFN4O4S/c29-19-8-6-17(7-9-19)15-33-27(36)22-16-32-25-21(26(22)35)12-20(13-23(25)30)39(37,38)28(10-3-11-34-28)14-18-4-1-2-5-24(18)31/h1-13,16H,14-15,31H2,(H,32,35)(H,33,36). The molecule has 8 nitrogen and oxygen atoms in total. The van der Waals surface area contributed by atoms with E-state index in [-0.39, 0.29) is 29.4 Å². The molecule has 11 heteroatoms. The Hall–Kier alpha value is -4.28. The molecular weight excluding hydrogens is 543 g/mol. The highest BCUT2D eigenvalue weighted by Gasteiger charge is 2.44. The zero-order valence-electron chi connectivity index (χ0n) is 20.3. The highest BCUT2D eigenvalue weighted by Crippen LogP contribution is 2.36. The van der Waals surface area contributed by atoms with Gasteiger partial charge in [-0.1, -0.05) is 41.9 Å². The molecule has 1 unspecified atom stereocenters. The quantitative estimate of drug-likeness (QED) is 0.289. The first-order valence-electron chi connectivity index (χ1n) is 11.8. The lowest BCUT2D eigenvalue weighted by Crippen LogP contribution is -2.36. The summed E-state index contributed by atoms with van der Waals surface area (Å²) in [5, 5.41) is 2.88. The van der Waals surface area contributed by atoms with Gasteiger partial charge in [0.05, 0.1) is 15.8 Å². The average Bonchev–Trinajstić information content (AvgIpc) is 3.40. The second-order valence-corrected chi connectivity index (χ2v) is 11.7. The number of anilines is 1.